The fourth-order valence-electron chi connectivity index (χ4n) is 3.39. The molecule has 2 aromatic heterocycles. The molecule has 0 aliphatic carbocycles. The second kappa shape index (κ2) is 5.00. The van der Waals surface area contributed by atoms with Crippen LogP contribution in [0.1, 0.15) is 30.1 Å². The average Bonchev–Trinajstić information content (AvgIpc) is 3.16. The van der Waals surface area contributed by atoms with Gasteiger partial charge in [-0.15, -0.1) is 0 Å². The summed E-state index contributed by atoms with van der Waals surface area (Å²) in [6.07, 6.45) is 9.63. The van der Waals surface area contributed by atoms with E-state index in [9.17, 15) is 0 Å². The van der Waals surface area contributed by atoms with Crippen LogP contribution in [0.3, 0.4) is 0 Å². The Bertz CT molecular complexity index is 617. The molecule has 0 aromatic carbocycles. The lowest BCUT2D eigenvalue weighted by Gasteiger charge is -2.16. The average molecular weight is 336 g/mol. The molecule has 0 bridgehead atoms. The fraction of sp³-hybridized carbons (Fsp3) is 0.571. The zero-order valence-electron chi connectivity index (χ0n) is 11.4. The van der Waals surface area contributed by atoms with Gasteiger partial charge in [-0.2, -0.15) is 10.2 Å². The van der Waals surface area contributed by atoms with Crippen LogP contribution in [0.5, 0.6) is 0 Å². The van der Waals surface area contributed by atoms with Crippen LogP contribution in [0.15, 0.2) is 23.1 Å². The first kappa shape index (κ1) is 12.6. The normalized spacial score (nSPS) is 22.6. The monoisotopic (exact) mass is 335 g/mol. The van der Waals surface area contributed by atoms with Crippen molar-refractivity contribution in [1.29, 1.82) is 0 Å². The number of rotatable bonds is 3. The molecule has 2 aliphatic rings. The number of hydrogen-bond donors (Lipinski definition) is 0. The number of halogens is 1. The van der Waals surface area contributed by atoms with Crippen LogP contribution in [-0.4, -0.2) is 37.6 Å². The molecule has 5 nitrogen and oxygen atoms in total. The van der Waals surface area contributed by atoms with Crippen LogP contribution in [0.2, 0.25) is 0 Å². The van der Waals surface area contributed by atoms with Crippen molar-refractivity contribution in [3.05, 3.63) is 34.3 Å². The first-order valence-electron chi connectivity index (χ1n) is 7.25. The van der Waals surface area contributed by atoms with E-state index in [1.54, 1.807) is 0 Å². The Morgan fingerprint density at radius 3 is 3.05 bits per heavy atom. The molecule has 4 heterocycles. The standard InChI is InChI=1S/C14H18BrN5/c15-12-7-17-20(9-12)13-3-5-18(10-13)8-11-6-16-19-4-1-2-14(11)19/h6-7,9,13H,1-5,8,10H2. The summed E-state index contributed by atoms with van der Waals surface area (Å²) in [5, 5.41) is 8.90. The van der Waals surface area contributed by atoms with Gasteiger partial charge in [-0.05, 0) is 35.2 Å². The smallest absolute Gasteiger partial charge is 0.0658 e. The first-order chi connectivity index (χ1) is 9.79. The lowest BCUT2D eigenvalue weighted by Crippen LogP contribution is -2.21. The van der Waals surface area contributed by atoms with E-state index in [4.69, 9.17) is 0 Å². The van der Waals surface area contributed by atoms with Gasteiger partial charge < -0.3 is 0 Å². The Kier molecular flexibility index (Phi) is 3.15. The SMILES string of the molecule is Brc1cnn(C2CCN(Cc3cnn4c3CCC4)C2)c1. The molecule has 0 spiro atoms. The summed E-state index contributed by atoms with van der Waals surface area (Å²) in [5.74, 6) is 0. The number of hydrogen-bond acceptors (Lipinski definition) is 3. The Morgan fingerprint density at radius 1 is 1.25 bits per heavy atom. The van der Waals surface area contributed by atoms with Gasteiger partial charge in [-0.1, -0.05) is 0 Å². The predicted octanol–water partition coefficient (Wildman–Crippen LogP) is 2.24. The van der Waals surface area contributed by atoms with Gasteiger partial charge in [-0.25, -0.2) is 0 Å². The van der Waals surface area contributed by atoms with Crippen molar-refractivity contribution >= 4 is 15.9 Å². The Labute approximate surface area is 126 Å². The maximum Gasteiger partial charge on any atom is 0.0658 e. The van der Waals surface area contributed by atoms with Gasteiger partial charge in [0.15, 0.2) is 0 Å². The third-order valence-electron chi connectivity index (χ3n) is 4.40. The molecule has 0 radical (unpaired) electrons. The molecule has 0 amide bonds. The van der Waals surface area contributed by atoms with Gasteiger partial charge in [0.2, 0.25) is 0 Å². The second-order valence-electron chi connectivity index (χ2n) is 5.76. The molecule has 20 heavy (non-hydrogen) atoms. The van der Waals surface area contributed by atoms with Crippen molar-refractivity contribution in [3.63, 3.8) is 0 Å². The van der Waals surface area contributed by atoms with Crippen molar-refractivity contribution in [1.82, 2.24) is 24.5 Å². The molecule has 1 atom stereocenters. The number of aromatic nitrogens is 4. The van der Waals surface area contributed by atoms with Crippen LogP contribution in [-0.2, 0) is 19.5 Å². The Balaban J connectivity index is 1.43. The molecule has 0 N–H and O–H groups in total. The van der Waals surface area contributed by atoms with E-state index in [0.717, 1.165) is 30.7 Å². The van der Waals surface area contributed by atoms with Gasteiger partial charge in [0, 0.05) is 43.6 Å². The van der Waals surface area contributed by atoms with E-state index in [0.29, 0.717) is 6.04 Å². The van der Waals surface area contributed by atoms with Crippen molar-refractivity contribution < 1.29 is 0 Å². The van der Waals surface area contributed by atoms with E-state index in [2.05, 4.69) is 52.8 Å². The zero-order chi connectivity index (χ0) is 13.5. The van der Waals surface area contributed by atoms with Crippen LogP contribution in [0, 0.1) is 0 Å². The highest BCUT2D eigenvalue weighted by atomic mass is 79.9. The lowest BCUT2D eigenvalue weighted by molar-refractivity contribution is 0.311. The Hall–Kier alpha value is -1.14. The minimum absolute atomic E-state index is 0.505. The molecule has 1 saturated heterocycles. The first-order valence-corrected chi connectivity index (χ1v) is 8.04. The van der Waals surface area contributed by atoms with E-state index < -0.39 is 0 Å². The quantitative estimate of drug-likeness (QED) is 0.863. The minimum atomic E-state index is 0.505. The maximum atomic E-state index is 4.49. The molecule has 1 fully saturated rings. The molecule has 6 heteroatoms. The topological polar surface area (TPSA) is 38.9 Å². The van der Waals surface area contributed by atoms with Crippen LogP contribution in [0.25, 0.3) is 0 Å². The largest absolute Gasteiger partial charge is 0.297 e. The summed E-state index contributed by atoms with van der Waals surface area (Å²) in [4.78, 5) is 2.52. The van der Waals surface area contributed by atoms with Gasteiger partial charge >= 0.3 is 0 Å². The molecule has 4 rings (SSSR count). The molecule has 0 saturated carbocycles. The van der Waals surface area contributed by atoms with Crippen molar-refractivity contribution in [2.24, 2.45) is 0 Å². The van der Waals surface area contributed by atoms with Gasteiger partial charge in [0.05, 0.1) is 22.9 Å². The third-order valence-corrected chi connectivity index (χ3v) is 4.81. The summed E-state index contributed by atoms with van der Waals surface area (Å²) in [5.41, 5.74) is 2.88. The molecular formula is C14H18BrN5. The summed E-state index contributed by atoms with van der Waals surface area (Å²) in [7, 11) is 0. The minimum Gasteiger partial charge on any atom is -0.297 e. The number of nitrogens with zero attached hydrogens (tertiary/aromatic N) is 5. The zero-order valence-corrected chi connectivity index (χ0v) is 13.0. The van der Waals surface area contributed by atoms with Gasteiger partial charge in [-0.3, -0.25) is 14.3 Å². The fourth-order valence-corrected chi connectivity index (χ4v) is 3.69. The van der Waals surface area contributed by atoms with Crippen molar-refractivity contribution in [2.75, 3.05) is 13.1 Å². The number of fused-ring (bicyclic) bond motifs is 1. The van der Waals surface area contributed by atoms with Crippen LogP contribution < -0.4 is 0 Å². The Morgan fingerprint density at radius 2 is 2.20 bits per heavy atom. The van der Waals surface area contributed by atoms with Crippen molar-refractivity contribution in [2.45, 2.75) is 38.4 Å². The molecule has 2 aromatic rings. The van der Waals surface area contributed by atoms with Gasteiger partial charge in [0.1, 0.15) is 0 Å². The van der Waals surface area contributed by atoms with Crippen LogP contribution in [0.4, 0.5) is 0 Å². The summed E-state index contributed by atoms with van der Waals surface area (Å²) >= 11 is 3.47. The maximum absolute atomic E-state index is 4.49. The third kappa shape index (κ3) is 2.20. The predicted molar refractivity (Wildman–Crippen MR) is 79.4 cm³/mol. The molecular weight excluding hydrogens is 318 g/mol. The second-order valence-corrected chi connectivity index (χ2v) is 6.68. The summed E-state index contributed by atoms with van der Waals surface area (Å²) < 4.78 is 5.32. The van der Waals surface area contributed by atoms with E-state index >= 15 is 0 Å². The van der Waals surface area contributed by atoms with Crippen LogP contribution >= 0.6 is 15.9 Å². The highest BCUT2D eigenvalue weighted by Gasteiger charge is 2.26. The highest BCUT2D eigenvalue weighted by molar-refractivity contribution is 9.10. The number of likely N-dealkylation sites (tertiary alicyclic amines) is 1. The summed E-state index contributed by atoms with van der Waals surface area (Å²) in [6, 6.07) is 0.505. The molecule has 2 aliphatic heterocycles. The highest BCUT2D eigenvalue weighted by Crippen LogP contribution is 2.26. The molecule has 106 valence electrons. The summed E-state index contributed by atoms with van der Waals surface area (Å²) in [6.45, 7) is 4.36. The van der Waals surface area contributed by atoms with E-state index in [1.165, 1.54) is 30.5 Å². The lowest BCUT2D eigenvalue weighted by atomic mass is 10.2. The number of aryl methyl sites for hydroxylation is 1. The van der Waals surface area contributed by atoms with E-state index in [1.807, 2.05) is 6.20 Å². The van der Waals surface area contributed by atoms with Crippen molar-refractivity contribution in [3.8, 4) is 0 Å². The molecule has 1 unspecified atom stereocenters. The van der Waals surface area contributed by atoms with Gasteiger partial charge in [0.25, 0.3) is 0 Å². The van der Waals surface area contributed by atoms with E-state index in [-0.39, 0.29) is 0 Å².